The number of hydrogen-bond donors (Lipinski definition) is 0. The molecule has 4 rings (SSSR count). The third-order valence-electron chi connectivity index (χ3n) is 10.4. The first-order valence-electron chi connectivity index (χ1n) is 15.1. The Morgan fingerprint density at radius 2 is 1.15 bits per heavy atom. The van der Waals surface area contributed by atoms with Crippen molar-refractivity contribution < 1.29 is 17.9 Å². The van der Waals surface area contributed by atoms with Crippen LogP contribution in [0.1, 0.15) is 117 Å². The van der Waals surface area contributed by atoms with Crippen molar-refractivity contribution in [2.75, 3.05) is 6.61 Å². The SMILES string of the molecule is CCCOC1CCC2CC(C3CCC(CCC4CCC(CCC)CC4)CC3)C(F)C(F)C2C1F. The molecule has 0 radical (unpaired) electrons. The van der Waals surface area contributed by atoms with Crippen molar-refractivity contribution in [1.29, 1.82) is 0 Å². The van der Waals surface area contributed by atoms with Crippen LogP contribution in [0.5, 0.6) is 0 Å². The van der Waals surface area contributed by atoms with E-state index in [4.69, 9.17) is 4.74 Å². The van der Waals surface area contributed by atoms with E-state index in [-0.39, 0.29) is 11.8 Å². The van der Waals surface area contributed by atoms with Gasteiger partial charge in [0.2, 0.25) is 0 Å². The summed E-state index contributed by atoms with van der Waals surface area (Å²) in [5.41, 5.74) is 0. The van der Waals surface area contributed by atoms with Gasteiger partial charge in [-0.15, -0.1) is 0 Å². The van der Waals surface area contributed by atoms with E-state index < -0.39 is 30.5 Å². The maximum atomic E-state index is 15.3. The molecule has 0 bridgehead atoms. The summed E-state index contributed by atoms with van der Waals surface area (Å²) in [5.74, 6) is 1.96. The molecule has 34 heavy (non-hydrogen) atoms. The van der Waals surface area contributed by atoms with E-state index in [0.29, 0.717) is 25.4 Å². The van der Waals surface area contributed by atoms with Crippen molar-refractivity contribution in [3.8, 4) is 0 Å². The number of fused-ring (bicyclic) bond motifs is 1. The summed E-state index contributed by atoms with van der Waals surface area (Å²) in [6, 6.07) is 0. The summed E-state index contributed by atoms with van der Waals surface area (Å²) in [5, 5.41) is 0. The van der Waals surface area contributed by atoms with Crippen molar-refractivity contribution in [1.82, 2.24) is 0 Å². The lowest BCUT2D eigenvalue weighted by molar-refractivity contribution is -0.132. The highest BCUT2D eigenvalue weighted by Crippen LogP contribution is 2.51. The van der Waals surface area contributed by atoms with E-state index in [0.717, 1.165) is 43.4 Å². The van der Waals surface area contributed by atoms with Crippen LogP contribution < -0.4 is 0 Å². The highest BCUT2D eigenvalue weighted by molar-refractivity contribution is 5.02. The number of hydrogen-bond acceptors (Lipinski definition) is 1. The van der Waals surface area contributed by atoms with Crippen LogP contribution in [0.15, 0.2) is 0 Å². The molecule has 0 aromatic carbocycles. The minimum absolute atomic E-state index is 0.0102. The van der Waals surface area contributed by atoms with E-state index in [9.17, 15) is 0 Å². The molecule has 0 amide bonds. The van der Waals surface area contributed by atoms with Crippen molar-refractivity contribution in [3.63, 3.8) is 0 Å². The molecule has 0 N–H and O–H groups in total. The molecule has 0 spiro atoms. The average molecular weight is 485 g/mol. The predicted molar refractivity (Wildman–Crippen MR) is 134 cm³/mol. The predicted octanol–water partition coefficient (Wildman–Crippen LogP) is 9.04. The monoisotopic (exact) mass is 484 g/mol. The highest BCUT2D eigenvalue weighted by atomic mass is 19.2. The molecular formula is C30H51F3O. The van der Waals surface area contributed by atoms with Crippen LogP contribution in [0.4, 0.5) is 13.2 Å². The molecule has 0 aromatic heterocycles. The lowest BCUT2D eigenvalue weighted by Crippen LogP contribution is -2.54. The van der Waals surface area contributed by atoms with Crippen LogP contribution in [0.3, 0.4) is 0 Å². The molecule has 4 saturated carbocycles. The van der Waals surface area contributed by atoms with Crippen molar-refractivity contribution in [2.45, 2.75) is 141 Å². The molecule has 0 saturated heterocycles. The Kier molecular flexibility index (Phi) is 10.1. The Balaban J connectivity index is 1.21. The molecule has 4 aliphatic carbocycles. The number of alkyl halides is 3. The second kappa shape index (κ2) is 12.8. The Hall–Kier alpha value is -0.250. The maximum Gasteiger partial charge on any atom is 0.137 e. The normalized spacial score (nSPS) is 45.6. The number of rotatable bonds is 9. The molecule has 0 aromatic rings. The van der Waals surface area contributed by atoms with Gasteiger partial charge in [-0.1, -0.05) is 78.1 Å². The van der Waals surface area contributed by atoms with Gasteiger partial charge in [0, 0.05) is 12.5 Å². The van der Waals surface area contributed by atoms with Crippen LogP contribution in [-0.2, 0) is 4.74 Å². The van der Waals surface area contributed by atoms with Crippen LogP contribution >= 0.6 is 0 Å². The van der Waals surface area contributed by atoms with Gasteiger partial charge in [-0.05, 0) is 74.0 Å². The zero-order valence-corrected chi connectivity index (χ0v) is 21.9. The third-order valence-corrected chi connectivity index (χ3v) is 10.4. The summed E-state index contributed by atoms with van der Waals surface area (Å²) in [7, 11) is 0. The van der Waals surface area contributed by atoms with Gasteiger partial charge in [0.25, 0.3) is 0 Å². The number of ether oxygens (including phenoxy) is 1. The minimum atomic E-state index is -1.66. The van der Waals surface area contributed by atoms with Crippen LogP contribution in [-0.4, -0.2) is 31.2 Å². The highest BCUT2D eigenvalue weighted by Gasteiger charge is 2.54. The van der Waals surface area contributed by atoms with E-state index in [2.05, 4.69) is 6.92 Å². The zero-order valence-electron chi connectivity index (χ0n) is 21.9. The summed E-state index contributed by atoms with van der Waals surface area (Å²) < 4.78 is 51.4. The quantitative estimate of drug-likeness (QED) is 0.317. The summed E-state index contributed by atoms with van der Waals surface area (Å²) in [4.78, 5) is 0. The molecular weight excluding hydrogens is 433 g/mol. The van der Waals surface area contributed by atoms with E-state index >= 15 is 13.2 Å². The maximum absolute atomic E-state index is 15.3. The summed E-state index contributed by atoms with van der Waals surface area (Å²) >= 11 is 0. The Morgan fingerprint density at radius 3 is 1.74 bits per heavy atom. The second-order valence-corrected chi connectivity index (χ2v) is 12.6. The molecule has 0 heterocycles. The second-order valence-electron chi connectivity index (χ2n) is 12.6. The van der Waals surface area contributed by atoms with Gasteiger partial charge in [-0.25, -0.2) is 13.2 Å². The van der Waals surface area contributed by atoms with Gasteiger partial charge < -0.3 is 4.74 Å². The smallest absolute Gasteiger partial charge is 0.137 e. The first-order valence-corrected chi connectivity index (χ1v) is 15.1. The third kappa shape index (κ3) is 6.35. The molecule has 7 unspecified atom stereocenters. The zero-order chi connectivity index (χ0) is 24.1. The molecule has 0 aliphatic heterocycles. The van der Waals surface area contributed by atoms with E-state index in [1.54, 1.807) is 0 Å². The average Bonchev–Trinajstić information content (AvgIpc) is 2.86. The Bertz CT molecular complexity index is 582. The first kappa shape index (κ1) is 26.8. The standard InChI is InChI=1S/C30H51F3O/c1-3-5-20-6-8-21(9-7-20)10-11-22-12-14-23(15-13-22)25-19-24-16-17-26(34-18-4-2)29(32)27(24)30(33)28(25)31/h20-30H,3-19H2,1-2H3. The summed E-state index contributed by atoms with van der Waals surface area (Å²) in [6.07, 6.45) is 13.5. The van der Waals surface area contributed by atoms with E-state index in [1.165, 1.54) is 64.2 Å². The van der Waals surface area contributed by atoms with Crippen LogP contribution in [0.2, 0.25) is 0 Å². The fourth-order valence-electron chi connectivity index (χ4n) is 8.37. The first-order chi connectivity index (χ1) is 16.5. The van der Waals surface area contributed by atoms with E-state index in [1.807, 2.05) is 6.92 Å². The van der Waals surface area contributed by atoms with Gasteiger partial charge >= 0.3 is 0 Å². The number of halogens is 3. The Labute approximate surface area is 207 Å². The van der Waals surface area contributed by atoms with Crippen molar-refractivity contribution in [2.24, 2.45) is 41.4 Å². The van der Waals surface area contributed by atoms with Gasteiger partial charge in [0.1, 0.15) is 18.5 Å². The van der Waals surface area contributed by atoms with Crippen LogP contribution in [0.25, 0.3) is 0 Å². The molecule has 4 heteroatoms. The fraction of sp³-hybridized carbons (Fsp3) is 1.00. The molecule has 7 atom stereocenters. The lowest BCUT2D eigenvalue weighted by atomic mass is 9.60. The largest absolute Gasteiger partial charge is 0.375 e. The van der Waals surface area contributed by atoms with Gasteiger partial charge in [0.15, 0.2) is 0 Å². The van der Waals surface area contributed by atoms with Gasteiger partial charge in [-0.3, -0.25) is 0 Å². The Morgan fingerprint density at radius 1 is 0.588 bits per heavy atom. The lowest BCUT2D eigenvalue weighted by Gasteiger charge is -2.49. The minimum Gasteiger partial charge on any atom is -0.375 e. The molecule has 1 nitrogen and oxygen atoms in total. The van der Waals surface area contributed by atoms with Crippen molar-refractivity contribution >= 4 is 0 Å². The van der Waals surface area contributed by atoms with Crippen LogP contribution in [0, 0.1) is 41.4 Å². The van der Waals surface area contributed by atoms with Crippen molar-refractivity contribution in [3.05, 3.63) is 0 Å². The summed E-state index contributed by atoms with van der Waals surface area (Å²) in [6.45, 7) is 4.80. The molecule has 4 fully saturated rings. The van der Waals surface area contributed by atoms with Gasteiger partial charge in [0.05, 0.1) is 6.10 Å². The topological polar surface area (TPSA) is 9.23 Å². The van der Waals surface area contributed by atoms with Gasteiger partial charge in [-0.2, -0.15) is 0 Å². The molecule has 4 aliphatic rings. The molecule has 198 valence electrons. The fourth-order valence-corrected chi connectivity index (χ4v) is 8.37.